The maximum atomic E-state index is 13.7. The van der Waals surface area contributed by atoms with E-state index in [1.165, 1.54) is 5.56 Å². The molecule has 1 aliphatic heterocycles. The third kappa shape index (κ3) is 5.75. The molecule has 5 rings (SSSR count). The molecule has 1 aliphatic rings. The first-order chi connectivity index (χ1) is 17.9. The lowest BCUT2D eigenvalue weighted by Gasteiger charge is -2.40. The lowest BCUT2D eigenvalue weighted by Crippen LogP contribution is -2.48. The van der Waals surface area contributed by atoms with Gasteiger partial charge in [-0.1, -0.05) is 15.9 Å². The Balaban J connectivity index is 1.52. The van der Waals surface area contributed by atoms with E-state index < -0.39 is 0 Å². The Bertz CT molecular complexity index is 1440. The van der Waals surface area contributed by atoms with Crippen molar-refractivity contribution in [3.63, 3.8) is 0 Å². The van der Waals surface area contributed by atoms with Crippen molar-refractivity contribution in [2.24, 2.45) is 0 Å². The van der Waals surface area contributed by atoms with Crippen LogP contribution in [0.4, 0.5) is 5.69 Å². The summed E-state index contributed by atoms with van der Waals surface area (Å²) >= 11 is 3.58. The van der Waals surface area contributed by atoms with E-state index in [9.17, 15) is 4.79 Å². The van der Waals surface area contributed by atoms with E-state index in [4.69, 9.17) is 0 Å². The summed E-state index contributed by atoms with van der Waals surface area (Å²) in [5, 5.41) is 8.80. The molecule has 0 unspecified atom stereocenters. The Labute approximate surface area is 226 Å². The van der Waals surface area contributed by atoms with E-state index >= 15 is 0 Å². The van der Waals surface area contributed by atoms with Crippen LogP contribution in [0.3, 0.4) is 0 Å². The normalized spacial score (nSPS) is 16.2. The van der Waals surface area contributed by atoms with Crippen LogP contribution in [-0.2, 0) is 13.1 Å². The molecule has 4 heterocycles. The van der Waals surface area contributed by atoms with Crippen molar-refractivity contribution in [1.82, 2.24) is 24.6 Å². The van der Waals surface area contributed by atoms with Crippen LogP contribution in [0, 0.1) is 6.92 Å². The standard InChI is InChI=1S/C29H33BrN6O/c1-20(2)36-18-23(29(37)27-7-6-24(30)14-28(27)36)17-35(16-22-8-10-31-21(3)13-22)26-5-4-12-34(19-26)25-9-11-32-33-15-25/h6-11,13-15,18,20,26H,4-5,12,16-17,19H2,1-3H3/t26-/m0/s1. The summed E-state index contributed by atoms with van der Waals surface area (Å²) in [5.41, 5.74) is 5.22. The van der Waals surface area contributed by atoms with Gasteiger partial charge in [-0.05, 0) is 75.6 Å². The molecule has 7 nitrogen and oxygen atoms in total. The van der Waals surface area contributed by atoms with Crippen LogP contribution in [0.25, 0.3) is 10.9 Å². The van der Waals surface area contributed by atoms with E-state index in [1.807, 2.05) is 43.6 Å². The van der Waals surface area contributed by atoms with Crippen molar-refractivity contribution < 1.29 is 0 Å². The maximum Gasteiger partial charge on any atom is 0.193 e. The van der Waals surface area contributed by atoms with Gasteiger partial charge in [0.05, 0.1) is 23.6 Å². The highest BCUT2D eigenvalue weighted by molar-refractivity contribution is 9.10. The number of anilines is 1. The monoisotopic (exact) mass is 560 g/mol. The van der Waals surface area contributed by atoms with Crippen LogP contribution in [0.1, 0.15) is 49.6 Å². The Morgan fingerprint density at radius 2 is 1.97 bits per heavy atom. The largest absolute Gasteiger partial charge is 0.369 e. The summed E-state index contributed by atoms with van der Waals surface area (Å²) in [5.74, 6) is 0. The Kier molecular flexibility index (Phi) is 7.67. The number of pyridine rings is 2. The van der Waals surface area contributed by atoms with E-state index in [1.54, 1.807) is 6.20 Å². The third-order valence-electron chi connectivity index (χ3n) is 7.19. The van der Waals surface area contributed by atoms with Gasteiger partial charge in [0, 0.05) is 71.8 Å². The molecule has 37 heavy (non-hydrogen) atoms. The van der Waals surface area contributed by atoms with Crippen LogP contribution < -0.4 is 10.3 Å². The van der Waals surface area contributed by atoms with Crippen LogP contribution >= 0.6 is 15.9 Å². The molecule has 0 aliphatic carbocycles. The molecule has 0 saturated carbocycles. The lowest BCUT2D eigenvalue weighted by atomic mass is 10.0. The summed E-state index contributed by atoms with van der Waals surface area (Å²) in [4.78, 5) is 23.0. The minimum Gasteiger partial charge on any atom is -0.369 e. The summed E-state index contributed by atoms with van der Waals surface area (Å²) in [7, 11) is 0. The zero-order chi connectivity index (χ0) is 25.9. The maximum absolute atomic E-state index is 13.7. The summed E-state index contributed by atoms with van der Waals surface area (Å²) in [6.07, 6.45) is 9.69. The van der Waals surface area contributed by atoms with Crippen LogP contribution in [0.5, 0.6) is 0 Å². The van der Waals surface area contributed by atoms with Gasteiger partial charge in [0.15, 0.2) is 5.43 Å². The highest BCUT2D eigenvalue weighted by Gasteiger charge is 2.27. The van der Waals surface area contributed by atoms with E-state index in [0.29, 0.717) is 12.6 Å². The number of nitrogens with zero attached hydrogens (tertiary/aromatic N) is 6. The zero-order valence-corrected chi connectivity index (χ0v) is 23.2. The molecule has 1 atom stereocenters. The molecule has 0 N–H and O–H groups in total. The Morgan fingerprint density at radius 3 is 2.73 bits per heavy atom. The van der Waals surface area contributed by atoms with Crippen LogP contribution in [0.2, 0.25) is 0 Å². The van der Waals surface area contributed by atoms with Crippen molar-refractivity contribution in [2.75, 3.05) is 18.0 Å². The van der Waals surface area contributed by atoms with Crippen molar-refractivity contribution in [3.05, 3.63) is 92.7 Å². The molecule has 3 aromatic heterocycles. The third-order valence-corrected chi connectivity index (χ3v) is 7.69. The summed E-state index contributed by atoms with van der Waals surface area (Å²) in [6, 6.07) is 12.7. The molecule has 0 spiro atoms. The molecule has 1 saturated heterocycles. The summed E-state index contributed by atoms with van der Waals surface area (Å²) in [6.45, 7) is 9.57. The van der Waals surface area contributed by atoms with E-state index in [-0.39, 0.29) is 11.5 Å². The lowest BCUT2D eigenvalue weighted by molar-refractivity contribution is 0.158. The molecule has 0 bridgehead atoms. The predicted octanol–water partition coefficient (Wildman–Crippen LogP) is 5.51. The highest BCUT2D eigenvalue weighted by Crippen LogP contribution is 2.26. The first-order valence-electron chi connectivity index (χ1n) is 12.9. The molecular weight excluding hydrogens is 528 g/mol. The van der Waals surface area contributed by atoms with Gasteiger partial charge in [0.1, 0.15) is 0 Å². The fourth-order valence-electron chi connectivity index (χ4n) is 5.35. The molecule has 0 radical (unpaired) electrons. The number of hydrogen-bond donors (Lipinski definition) is 0. The highest BCUT2D eigenvalue weighted by atomic mass is 79.9. The molecule has 4 aromatic rings. The summed E-state index contributed by atoms with van der Waals surface area (Å²) < 4.78 is 3.20. The number of aryl methyl sites for hydroxylation is 1. The van der Waals surface area contributed by atoms with Crippen molar-refractivity contribution in [2.45, 2.75) is 58.8 Å². The number of benzene rings is 1. The zero-order valence-electron chi connectivity index (χ0n) is 21.6. The van der Waals surface area contributed by atoms with Gasteiger partial charge in [0.25, 0.3) is 0 Å². The van der Waals surface area contributed by atoms with Gasteiger partial charge in [0.2, 0.25) is 0 Å². The second kappa shape index (κ2) is 11.1. The fraction of sp³-hybridized carbons (Fsp3) is 0.379. The second-order valence-electron chi connectivity index (χ2n) is 10.2. The van der Waals surface area contributed by atoms with Gasteiger partial charge in [-0.25, -0.2) is 0 Å². The number of fused-ring (bicyclic) bond motifs is 1. The van der Waals surface area contributed by atoms with Crippen molar-refractivity contribution >= 4 is 32.5 Å². The number of aromatic nitrogens is 4. The van der Waals surface area contributed by atoms with Gasteiger partial charge in [-0.15, -0.1) is 0 Å². The molecule has 1 fully saturated rings. The molecule has 192 valence electrons. The fourth-order valence-corrected chi connectivity index (χ4v) is 5.70. The predicted molar refractivity (Wildman–Crippen MR) is 152 cm³/mol. The van der Waals surface area contributed by atoms with Gasteiger partial charge in [-0.2, -0.15) is 10.2 Å². The van der Waals surface area contributed by atoms with E-state index in [0.717, 1.165) is 64.8 Å². The Morgan fingerprint density at radius 1 is 1.11 bits per heavy atom. The SMILES string of the molecule is Cc1cc(CN(Cc2cn(C(C)C)c3cc(Br)ccc3c2=O)[C@H]2CCCN(c3ccnnc3)C2)ccn1. The quantitative estimate of drug-likeness (QED) is 0.297. The number of hydrogen-bond acceptors (Lipinski definition) is 6. The van der Waals surface area contributed by atoms with Crippen LogP contribution in [0.15, 0.2) is 70.5 Å². The molecule has 0 amide bonds. The number of halogens is 1. The molecule has 1 aromatic carbocycles. The topological polar surface area (TPSA) is 67.2 Å². The van der Waals surface area contributed by atoms with Gasteiger partial charge in [-0.3, -0.25) is 14.7 Å². The van der Waals surface area contributed by atoms with Crippen molar-refractivity contribution in [1.29, 1.82) is 0 Å². The first kappa shape index (κ1) is 25.5. The number of piperidine rings is 1. The second-order valence-corrected chi connectivity index (χ2v) is 11.1. The van der Waals surface area contributed by atoms with Crippen molar-refractivity contribution in [3.8, 4) is 0 Å². The van der Waals surface area contributed by atoms with Gasteiger partial charge >= 0.3 is 0 Å². The molecule has 8 heteroatoms. The Hall–Kier alpha value is -3.10. The first-order valence-corrected chi connectivity index (χ1v) is 13.7. The van der Waals surface area contributed by atoms with E-state index in [2.05, 4.69) is 77.7 Å². The average molecular weight is 562 g/mol. The smallest absolute Gasteiger partial charge is 0.193 e. The minimum atomic E-state index is 0.112. The molecular formula is C29H33BrN6O. The minimum absolute atomic E-state index is 0.112. The van der Waals surface area contributed by atoms with Gasteiger partial charge < -0.3 is 9.47 Å². The van der Waals surface area contributed by atoms with Crippen LogP contribution in [-0.4, -0.2) is 43.8 Å². The average Bonchev–Trinajstić information content (AvgIpc) is 2.90. The number of rotatable bonds is 7.